The monoisotopic (exact) mass is 213 g/mol. The maximum absolute atomic E-state index is 12.9. The Bertz CT molecular complexity index is 320. The van der Waals surface area contributed by atoms with E-state index in [1.54, 1.807) is 6.07 Å². The fourth-order valence-corrected chi connectivity index (χ4v) is 1.81. The molecule has 0 aromatic heterocycles. The average Bonchev–Trinajstić information content (AvgIpc) is 2.77. The van der Waals surface area contributed by atoms with Gasteiger partial charge in [0, 0.05) is 17.3 Å². The zero-order chi connectivity index (χ0) is 10.1. The predicted molar refractivity (Wildman–Crippen MR) is 57.2 cm³/mol. The molecule has 1 saturated carbocycles. The summed E-state index contributed by atoms with van der Waals surface area (Å²) < 4.78 is 12.9. The molecule has 1 N–H and O–H groups in total. The molecular weight excluding hydrogens is 201 g/mol. The average molecular weight is 214 g/mol. The van der Waals surface area contributed by atoms with Crippen molar-refractivity contribution in [3.63, 3.8) is 0 Å². The van der Waals surface area contributed by atoms with Crippen molar-refractivity contribution in [2.75, 3.05) is 11.9 Å². The van der Waals surface area contributed by atoms with Crippen LogP contribution in [-0.2, 0) is 0 Å². The van der Waals surface area contributed by atoms with Crippen LogP contribution in [0.25, 0.3) is 0 Å². The van der Waals surface area contributed by atoms with Gasteiger partial charge >= 0.3 is 0 Å². The summed E-state index contributed by atoms with van der Waals surface area (Å²) in [6.45, 7) is 3.14. The molecule has 1 aromatic rings. The number of nitrogens with one attached hydrogen (secondary N) is 1. The van der Waals surface area contributed by atoms with Gasteiger partial charge in [-0.25, -0.2) is 4.39 Å². The minimum Gasteiger partial charge on any atom is -0.385 e. The largest absolute Gasteiger partial charge is 0.385 e. The zero-order valence-electron chi connectivity index (χ0n) is 8.06. The molecular formula is C11H13ClFN. The van der Waals surface area contributed by atoms with Gasteiger partial charge in [0.15, 0.2) is 0 Å². The van der Waals surface area contributed by atoms with Crippen LogP contribution in [0.4, 0.5) is 10.1 Å². The Kier molecular flexibility index (Phi) is 2.64. The Morgan fingerprint density at radius 3 is 2.79 bits per heavy atom. The molecule has 0 saturated heterocycles. The first kappa shape index (κ1) is 9.78. The van der Waals surface area contributed by atoms with Crippen molar-refractivity contribution in [3.8, 4) is 0 Å². The summed E-state index contributed by atoms with van der Waals surface area (Å²) in [5.74, 6) is 1.27. The van der Waals surface area contributed by atoms with E-state index in [0.29, 0.717) is 5.02 Å². The predicted octanol–water partition coefficient (Wildman–Crippen LogP) is 3.55. The maximum Gasteiger partial charge on any atom is 0.126 e. The highest BCUT2D eigenvalue weighted by molar-refractivity contribution is 6.30. The Hall–Kier alpha value is -0.760. The van der Waals surface area contributed by atoms with E-state index in [9.17, 15) is 4.39 Å². The molecule has 0 radical (unpaired) electrons. The molecule has 0 heterocycles. The van der Waals surface area contributed by atoms with Crippen LogP contribution in [0.1, 0.15) is 13.3 Å². The summed E-state index contributed by atoms with van der Waals surface area (Å²) >= 11 is 5.73. The molecule has 76 valence electrons. The SMILES string of the molecule is CC1CC1CNc1cc(F)cc(Cl)c1. The van der Waals surface area contributed by atoms with Crippen LogP contribution in [0.5, 0.6) is 0 Å². The van der Waals surface area contributed by atoms with E-state index >= 15 is 0 Å². The highest BCUT2D eigenvalue weighted by Crippen LogP contribution is 2.37. The van der Waals surface area contributed by atoms with Crippen LogP contribution in [0.15, 0.2) is 18.2 Å². The van der Waals surface area contributed by atoms with E-state index < -0.39 is 0 Å². The standard InChI is InChI=1S/C11H13ClFN/c1-7-2-8(7)6-14-11-4-9(12)3-10(13)5-11/h3-5,7-8,14H,2,6H2,1H3. The smallest absolute Gasteiger partial charge is 0.126 e. The Balaban J connectivity index is 1.95. The van der Waals surface area contributed by atoms with Crippen molar-refractivity contribution < 1.29 is 4.39 Å². The first-order valence-corrected chi connectivity index (χ1v) is 5.23. The summed E-state index contributed by atoms with van der Waals surface area (Å²) in [4.78, 5) is 0. The minimum atomic E-state index is -0.288. The molecule has 1 nitrogen and oxygen atoms in total. The van der Waals surface area contributed by atoms with Crippen LogP contribution in [0.3, 0.4) is 0 Å². The van der Waals surface area contributed by atoms with Crippen LogP contribution in [-0.4, -0.2) is 6.54 Å². The molecule has 0 bridgehead atoms. The fraction of sp³-hybridized carbons (Fsp3) is 0.455. The third-order valence-electron chi connectivity index (χ3n) is 2.71. The van der Waals surface area contributed by atoms with Crippen molar-refractivity contribution >= 4 is 17.3 Å². The quantitative estimate of drug-likeness (QED) is 0.810. The van der Waals surface area contributed by atoms with Crippen LogP contribution in [0.2, 0.25) is 5.02 Å². The number of benzene rings is 1. The second kappa shape index (κ2) is 3.77. The molecule has 3 heteroatoms. The van der Waals surface area contributed by atoms with Crippen molar-refractivity contribution in [2.24, 2.45) is 11.8 Å². The molecule has 0 amide bonds. The van der Waals surface area contributed by atoms with Crippen LogP contribution >= 0.6 is 11.6 Å². The molecule has 1 fully saturated rings. The molecule has 14 heavy (non-hydrogen) atoms. The van der Waals surface area contributed by atoms with Gasteiger partial charge in [-0.2, -0.15) is 0 Å². The van der Waals surface area contributed by atoms with E-state index in [4.69, 9.17) is 11.6 Å². The molecule has 2 unspecified atom stereocenters. The van der Waals surface area contributed by atoms with Crippen molar-refractivity contribution in [1.29, 1.82) is 0 Å². The van der Waals surface area contributed by atoms with E-state index in [-0.39, 0.29) is 5.82 Å². The lowest BCUT2D eigenvalue weighted by Crippen LogP contribution is -2.04. The molecule has 0 aliphatic heterocycles. The van der Waals surface area contributed by atoms with Gasteiger partial charge in [-0.15, -0.1) is 0 Å². The summed E-state index contributed by atoms with van der Waals surface area (Å²) in [5.41, 5.74) is 0.772. The van der Waals surface area contributed by atoms with Gasteiger partial charge in [0.1, 0.15) is 5.82 Å². The molecule has 1 aliphatic rings. The van der Waals surface area contributed by atoms with Crippen LogP contribution < -0.4 is 5.32 Å². The highest BCUT2D eigenvalue weighted by Gasteiger charge is 2.31. The summed E-state index contributed by atoms with van der Waals surface area (Å²) in [7, 11) is 0. The van der Waals surface area contributed by atoms with Gasteiger partial charge < -0.3 is 5.32 Å². The van der Waals surface area contributed by atoms with Gasteiger partial charge in [0.25, 0.3) is 0 Å². The van der Waals surface area contributed by atoms with Gasteiger partial charge in [-0.3, -0.25) is 0 Å². The second-order valence-corrected chi connectivity index (χ2v) is 4.45. The third-order valence-corrected chi connectivity index (χ3v) is 2.93. The van der Waals surface area contributed by atoms with Crippen molar-refractivity contribution in [3.05, 3.63) is 29.0 Å². The van der Waals surface area contributed by atoms with Crippen molar-refractivity contribution in [2.45, 2.75) is 13.3 Å². The highest BCUT2D eigenvalue weighted by atomic mass is 35.5. The van der Waals surface area contributed by atoms with Gasteiger partial charge in [-0.1, -0.05) is 18.5 Å². The van der Waals surface area contributed by atoms with Gasteiger partial charge in [-0.05, 0) is 36.5 Å². The topological polar surface area (TPSA) is 12.0 Å². The number of hydrogen-bond acceptors (Lipinski definition) is 1. The Labute approximate surface area is 88.3 Å². The van der Waals surface area contributed by atoms with E-state index in [1.165, 1.54) is 18.6 Å². The summed E-state index contributed by atoms with van der Waals surface area (Å²) in [6.07, 6.45) is 1.27. The van der Waals surface area contributed by atoms with Crippen LogP contribution in [0, 0.1) is 17.7 Å². The molecule has 0 spiro atoms. The summed E-state index contributed by atoms with van der Waals surface area (Å²) in [5, 5.41) is 3.64. The maximum atomic E-state index is 12.9. The van der Waals surface area contributed by atoms with E-state index in [1.807, 2.05) is 0 Å². The molecule has 1 aliphatic carbocycles. The van der Waals surface area contributed by atoms with E-state index in [0.717, 1.165) is 24.1 Å². The summed E-state index contributed by atoms with van der Waals surface area (Å²) in [6, 6.07) is 4.53. The number of hydrogen-bond donors (Lipinski definition) is 1. The first-order valence-electron chi connectivity index (χ1n) is 4.85. The second-order valence-electron chi connectivity index (χ2n) is 4.01. The normalized spacial score (nSPS) is 24.8. The number of rotatable bonds is 3. The Morgan fingerprint density at radius 2 is 2.21 bits per heavy atom. The number of anilines is 1. The zero-order valence-corrected chi connectivity index (χ0v) is 8.81. The van der Waals surface area contributed by atoms with E-state index in [2.05, 4.69) is 12.2 Å². The molecule has 2 atom stereocenters. The third kappa shape index (κ3) is 2.38. The lowest BCUT2D eigenvalue weighted by Gasteiger charge is -2.05. The lowest BCUT2D eigenvalue weighted by molar-refractivity contribution is 0.628. The number of halogens is 2. The Morgan fingerprint density at radius 1 is 1.50 bits per heavy atom. The fourth-order valence-electron chi connectivity index (χ4n) is 1.59. The van der Waals surface area contributed by atoms with Gasteiger partial charge in [0.05, 0.1) is 0 Å². The molecule has 1 aromatic carbocycles. The van der Waals surface area contributed by atoms with Crippen molar-refractivity contribution in [1.82, 2.24) is 0 Å². The molecule has 2 rings (SSSR count). The first-order chi connectivity index (χ1) is 6.65. The minimum absolute atomic E-state index is 0.288. The van der Waals surface area contributed by atoms with Gasteiger partial charge in [0.2, 0.25) is 0 Å². The lowest BCUT2D eigenvalue weighted by atomic mass is 10.3.